The molecule has 0 unspecified atom stereocenters. The van der Waals surface area contributed by atoms with Crippen molar-refractivity contribution in [1.29, 1.82) is 0 Å². The zero-order valence-corrected chi connectivity index (χ0v) is 6.45. The van der Waals surface area contributed by atoms with Gasteiger partial charge in [0, 0.05) is 5.69 Å². The summed E-state index contributed by atoms with van der Waals surface area (Å²) >= 11 is 0. The third-order valence-corrected chi connectivity index (χ3v) is 1.40. The fourth-order valence-electron chi connectivity index (χ4n) is 0.826. The van der Waals surface area contributed by atoms with Gasteiger partial charge in [-0.05, 0) is 17.7 Å². The van der Waals surface area contributed by atoms with E-state index in [1.165, 1.54) is 0 Å². The maximum Gasteiger partial charge on any atom is 0.409 e. The first-order valence-electron chi connectivity index (χ1n) is 3.45. The third-order valence-electron chi connectivity index (χ3n) is 1.40. The van der Waals surface area contributed by atoms with Gasteiger partial charge in [-0.3, -0.25) is 5.32 Å². The van der Waals surface area contributed by atoms with E-state index in [0.717, 1.165) is 5.56 Å². The van der Waals surface area contributed by atoms with Gasteiger partial charge in [-0.25, -0.2) is 4.79 Å². The van der Waals surface area contributed by atoms with Crippen LogP contribution in [0.2, 0.25) is 0 Å². The first kappa shape index (κ1) is 8.33. The maximum atomic E-state index is 10.2. The largest absolute Gasteiger partial charge is 0.465 e. The molecule has 0 bridgehead atoms. The highest BCUT2D eigenvalue weighted by Gasteiger charge is 1.95. The van der Waals surface area contributed by atoms with Gasteiger partial charge in [0.05, 0.1) is 0 Å². The van der Waals surface area contributed by atoms with Crippen molar-refractivity contribution in [2.24, 2.45) is 0 Å². The molecule has 0 aliphatic carbocycles. The van der Waals surface area contributed by atoms with Crippen LogP contribution in [0.15, 0.2) is 30.8 Å². The van der Waals surface area contributed by atoms with Crippen LogP contribution in [0.5, 0.6) is 0 Å². The maximum absolute atomic E-state index is 10.2. The fraction of sp³-hybridized carbons (Fsp3) is 0. The Morgan fingerprint density at radius 1 is 1.42 bits per heavy atom. The third kappa shape index (κ3) is 2.12. The number of benzene rings is 1. The van der Waals surface area contributed by atoms with E-state index in [1.54, 1.807) is 30.3 Å². The lowest BCUT2D eigenvalue weighted by atomic mass is 10.2. The van der Waals surface area contributed by atoms with Crippen molar-refractivity contribution in [2.75, 3.05) is 5.32 Å². The molecule has 0 radical (unpaired) electrons. The van der Waals surface area contributed by atoms with Gasteiger partial charge in [-0.1, -0.05) is 24.8 Å². The zero-order valence-electron chi connectivity index (χ0n) is 6.45. The Balaban J connectivity index is 2.77. The van der Waals surface area contributed by atoms with Crippen LogP contribution in [0.4, 0.5) is 10.5 Å². The number of hydrogen-bond donors (Lipinski definition) is 2. The summed E-state index contributed by atoms with van der Waals surface area (Å²) in [5.74, 6) is 0. The summed E-state index contributed by atoms with van der Waals surface area (Å²) in [6, 6.07) is 6.95. The molecule has 0 spiro atoms. The van der Waals surface area contributed by atoms with Crippen LogP contribution in [-0.4, -0.2) is 11.2 Å². The summed E-state index contributed by atoms with van der Waals surface area (Å²) in [5.41, 5.74) is 1.53. The molecule has 1 amide bonds. The van der Waals surface area contributed by atoms with Crippen molar-refractivity contribution in [3.63, 3.8) is 0 Å². The van der Waals surface area contributed by atoms with E-state index in [2.05, 4.69) is 11.9 Å². The van der Waals surface area contributed by atoms with Crippen LogP contribution in [0, 0.1) is 0 Å². The molecule has 0 saturated carbocycles. The number of hydrogen-bond acceptors (Lipinski definition) is 1. The minimum absolute atomic E-state index is 0.563. The SMILES string of the molecule is C=Cc1ccc(NC(=O)O)cc1. The minimum atomic E-state index is -1.05. The highest BCUT2D eigenvalue weighted by molar-refractivity contribution is 5.82. The van der Waals surface area contributed by atoms with E-state index in [0.29, 0.717) is 5.69 Å². The number of nitrogens with one attached hydrogen (secondary N) is 1. The van der Waals surface area contributed by atoms with Crippen LogP contribution >= 0.6 is 0 Å². The summed E-state index contributed by atoms with van der Waals surface area (Å²) in [6.45, 7) is 3.58. The first-order chi connectivity index (χ1) is 5.72. The minimum Gasteiger partial charge on any atom is -0.465 e. The van der Waals surface area contributed by atoms with Gasteiger partial charge in [0.1, 0.15) is 0 Å². The molecule has 0 heterocycles. The molecule has 1 aromatic rings. The Kier molecular flexibility index (Phi) is 2.48. The number of anilines is 1. The molecule has 12 heavy (non-hydrogen) atoms. The predicted molar refractivity (Wildman–Crippen MR) is 48.2 cm³/mol. The van der Waals surface area contributed by atoms with Crippen molar-refractivity contribution in [3.8, 4) is 0 Å². The second-order valence-electron chi connectivity index (χ2n) is 2.26. The zero-order chi connectivity index (χ0) is 8.97. The predicted octanol–water partition coefficient (Wildman–Crippen LogP) is 2.42. The molecule has 3 heteroatoms. The fourth-order valence-corrected chi connectivity index (χ4v) is 0.826. The van der Waals surface area contributed by atoms with Crippen molar-refractivity contribution in [2.45, 2.75) is 0 Å². The van der Waals surface area contributed by atoms with E-state index in [1.807, 2.05) is 0 Å². The van der Waals surface area contributed by atoms with Crippen LogP contribution in [-0.2, 0) is 0 Å². The van der Waals surface area contributed by atoms with Gasteiger partial charge < -0.3 is 5.11 Å². The molecule has 1 aromatic carbocycles. The van der Waals surface area contributed by atoms with Crippen LogP contribution < -0.4 is 5.32 Å². The average Bonchev–Trinajstić information content (AvgIpc) is 2.05. The molecule has 2 N–H and O–H groups in total. The van der Waals surface area contributed by atoms with E-state index >= 15 is 0 Å². The van der Waals surface area contributed by atoms with Crippen molar-refractivity contribution >= 4 is 17.9 Å². The molecule has 0 fully saturated rings. The number of amides is 1. The summed E-state index contributed by atoms with van der Waals surface area (Å²) in [4.78, 5) is 10.2. The highest BCUT2D eigenvalue weighted by Crippen LogP contribution is 2.09. The lowest BCUT2D eigenvalue weighted by Crippen LogP contribution is -2.06. The second-order valence-corrected chi connectivity index (χ2v) is 2.26. The Labute approximate surface area is 70.3 Å². The standard InChI is InChI=1S/C9H9NO2/c1-2-7-3-5-8(6-4-7)10-9(11)12/h2-6,10H,1H2,(H,11,12). The first-order valence-corrected chi connectivity index (χ1v) is 3.45. The van der Waals surface area contributed by atoms with E-state index < -0.39 is 6.09 Å². The van der Waals surface area contributed by atoms with Crippen molar-refractivity contribution < 1.29 is 9.90 Å². The molecule has 0 atom stereocenters. The van der Waals surface area contributed by atoms with Crippen molar-refractivity contribution in [3.05, 3.63) is 36.4 Å². The Hall–Kier alpha value is -1.77. The molecule has 0 aromatic heterocycles. The van der Waals surface area contributed by atoms with Gasteiger partial charge in [0.25, 0.3) is 0 Å². The van der Waals surface area contributed by atoms with Gasteiger partial charge in [0.2, 0.25) is 0 Å². The normalized spacial score (nSPS) is 9.00. The second kappa shape index (κ2) is 3.57. The number of carbonyl (C=O) groups is 1. The monoisotopic (exact) mass is 163 g/mol. The highest BCUT2D eigenvalue weighted by atomic mass is 16.4. The molecule has 0 aliphatic heterocycles. The van der Waals surface area contributed by atoms with Gasteiger partial charge in [0.15, 0.2) is 0 Å². The topological polar surface area (TPSA) is 49.3 Å². The van der Waals surface area contributed by atoms with E-state index in [-0.39, 0.29) is 0 Å². The van der Waals surface area contributed by atoms with Gasteiger partial charge in [-0.2, -0.15) is 0 Å². The van der Waals surface area contributed by atoms with Crippen LogP contribution in [0.1, 0.15) is 5.56 Å². The molecular formula is C9H9NO2. The van der Waals surface area contributed by atoms with E-state index in [9.17, 15) is 4.79 Å². The van der Waals surface area contributed by atoms with E-state index in [4.69, 9.17) is 5.11 Å². The molecular weight excluding hydrogens is 154 g/mol. The Bertz CT molecular complexity index is 290. The van der Waals surface area contributed by atoms with Gasteiger partial charge in [-0.15, -0.1) is 0 Å². The Morgan fingerprint density at radius 3 is 2.42 bits per heavy atom. The molecule has 3 nitrogen and oxygen atoms in total. The molecule has 1 rings (SSSR count). The van der Waals surface area contributed by atoms with Crippen LogP contribution in [0.3, 0.4) is 0 Å². The number of carboxylic acid groups (broad SMARTS) is 1. The molecule has 62 valence electrons. The molecule has 0 saturated heterocycles. The molecule has 0 aliphatic rings. The lowest BCUT2D eigenvalue weighted by molar-refractivity contribution is 0.210. The Morgan fingerprint density at radius 2 is 2.00 bits per heavy atom. The van der Waals surface area contributed by atoms with Crippen molar-refractivity contribution in [1.82, 2.24) is 0 Å². The van der Waals surface area contributed by atoms with Crippen LogP contribution in [0.25, 0.3) is 6.08 Å². The smallest absolute Gasteiger partial charge is 0.409 e. The average molecular weight is 163 g/mol. The summed E-state index contributed by atoms with van der Waals surface area (Å²) in [7, 11) is 0. The lowest BCUT2D eigenvalue weighted by Gasteiger charge is -1.99. The summed E-state index contributed by atoms with van der Waals surface area (Å²) in [6.07, 6.45) is 0.645. The number of rotatable bonds is 2. The van der Waals surface area contributed by atoms with Gasteiger partial charge >= 0.3 is 6.09 Å². The summed E-state index contributed by atoms with van der Waals surface area (Å²) < 4.78 is 0. The summed E-state index contributed by atoms with van der Waals surface area (Å²) in [5, 5.41) is 10.6. The quantitative estimate of drug-likeness (QED) is 0.703.